The van der Waals surface area contributed by atoms with Crippen molar-refractivity contribution in [1.82, 2.24) is 20.6 Å². The van der Waals surface area contributed by atoms with E-state index < -0.39 is 5.97 Å². The van der Waals surface area contributed by atoms with E-state index in [1.54, 1.807) is 6.07 Å². The summed E-state index contributed by atoms with van der Waals surface area (Å²) in [5.41, 5.74) is 2.83. The van der Waals surface area contributed by atoms with Gasteiger partial charge in [0.15, 0.2) is 0 Å². The molecule has 6 heteroatoms. The third-order valence-electron chi connectivity index (χ3n) is 3.06. The first-order valence-electron chi connectivity index (χ1n) is 7.18. The molecule has 0 atom stereocenters. The van der Waals surface area contributed by atoms with E-state index >= 15 is 0 Å². The summed E-state index contributed by atoms with van der Waals surface area (Å²) in [4.78, 5) is 19.3. The first kappa shape index (κ1) is 16.1. The van der Waals surface area contributed by atoms with E-state index in [0.717, 1.165) is 36.7 Å². The van der Waals surface area contributed by atoms with Gasteiger partial charge in [-0.05, 0) is 31.2 Å². The van der Waals surface area contributed by atoms with E-state index in [9.17, 15) is 4.79 Å². The van der Waals surface area contributed by atoms with Crippen LogP contribution in [0.15, 0.2) is 36.4 Å². The van der Waals surface area contributed by atoms with Gasteiger partial charge in [0.1, 0.15) is 5.69 Å². The lowest BCUT2D eigenvalue weighted by molar-refractivity contribution is 0.0690. The third kappa shape index (κ3) is 5.23. The summed E-state index contributed by atoms with van der Waals surface area (Å²) in [6, 6.07) is 11.0. The highest BCUT2D eigenvalue weighted by Gasteiger charge is 2.04. The summed E-state index contributed by atoms with van der Waals surface area (Å²) in [6.07, 6.45) is 0. The Morgan fingerprint density at radius 1 is 1.00 bits per heavy atom. The Morgan fingerprint density at radius 2 is 1.59 bits per heavy atom. The third-order valence-corrected chi connectivity index (χ3v) is 3.06. The molecule has 0 aromatic carbocycles. The zero-order valence-corrected chi connectivity index (χ0v) is 12.5. The van der Waals surface area contributed by atoms with Crippen molar-refractivity contribution >= 4 is 5.97 Å². The van der Waals surface area contributed by atoms with Crippen molar-refractivity contribution in [2.45, 2.75) is 20.0 Å². The lowest BCUT2D eigenvalue weighted by atomic mass is 10.3. The Morgan fingerprint density at radius 3 is 2.18 bits per heavy atom. The van der Waals surface area contributed by atoms with E-state index in [1.807, 2.05) is 31.2 Å². The van der Waals surface area contributed by atoms with Crippen molar-refractivity contribution in [2.24, 2.45) is 0 Å². The van der Waals surface area contributed by atoms with Gasteiger partial charge in [0.05, 0.1) is 11.4 Å². The first-order valence-corrected chi connectivity index (χ1v) is 7.18. The van der Waals surface area contributed by atoms with Crippen molar-refractivity contribution < 1.29 is 9.90 Å². The molecule has 3 N–H and O–H groups in total. The second-order valence-corrected chi connectivity index (χ2v) is 4.94. The number of pyridine rings is 2. The molecule has 0 saturated carbocycles. The number of carbonyl (C=O) groups is 1. The maximum atomic E-state index is 10.8. The number of carboxylic acid groups (broad SMARTS) is 1. The van der Waals surface area contributed by atoms with Gasteiger partial charge >= 0.3 is 5.97 Å². The minimum absolute atomic E-state index is 0.0722. The Balaban J connectivity index is 1.65. The van der Waals surface area contributed by atoms with Crippen molar-refractivity contribution in [2.75, 3.05) is 13.1 Å². The van der Waals surface area contributed by atoms with Crippen LogP contribution in [0, 0.1) is 6.92 Å². The van der Waals surface area contributed by atoms with E-state index in [4.69, 9.17) is 5.11 Å². The standard InChI is InChI=1S/C16H20N4O2/c1-12-4-2-5-13(19-12)10-17-8-9-18-11-14-6-3-7-15(20-14)16(21)22/h2-7,17-18H,8-11H2,1H3,(H,21,22). The fraction of sp³-hybridized carbons (Fsp3) is 0.312. The van der Waals surface area contributed by atoms with Crippen LogP contribution in [-0.2, 0) is 13.1 Å². The number of hydrogen-bond acceptors (Lipinski definition) is 5. The number of nitrogens with one attached hydrogen (secondary N) is 2. The van der Waals surface area contributed by atoms with Gasteiger partial charge in [-0.2, -0.15) is 0 Å². The van der Waals surface area contributed by atoms with Crippen molar-refractivity contribution in [3.05, 3.63) is 59.2 Å². The van der Waals surface area contributed by atoms with Gasteiger partial charge < -0.3 is 15.7 Å². The molecule has 0 unspecified atom stereocenters. The number of carboxylic acids is 1. The van der Waals surface area contributed by atoms with Gasteiger partial charge in [0.25, 0.3) is 0 Å². The van der Waals surface area contributed by atoms with E-state index in [2.05, 4.69) is 20.6 Å². The summed E-state index contributed by atoms with van der Waals surface area (Å²) in [7, 11) is 0. The fourth-order valence-corrected chi connectivity index (χ4v) is 2.00. The monoisotopic (exact) mass is 300 g/mol. The van der Waals surface area contributed by atoms with Gasteiger partial charge in [-0.25, -0.2) is 9.78 Å². The summed E-state index contributed by atoms with van der Waals surface area (Å²) in [6.45, 7) is 4.82. The van der Waals surface area contributed by atoms with Crippen LogP contribution in [0.3, 0.4) is 0 Å². The molecule has 0 amide bonds. The minimum Gasteiger partial charge on any atom is -0.477 e. The average Bonchev–Trinajstić information content (AvgIpc) is 2.51. The predicted molar refractivity (Wildman–Crippen MR) is 83.6 cm³/mol. The van der Waals surface area contributed by atoms with Crippen LogP contribution < -0.4 is 10.6 Å². The summed E-state index contributed by atoms with van der Waals surface area (Å²) >= 11 is 0. The number of aromatic carboxylic acids is 1. The van der Waals surface area contributed by atoms with Crippen molar-refractivity contribution in [1.29, 1.82) is 0 Å². The molecule has 0 fully saturated rings. The molecule has 2 heterocycles. The average molecular weight is 300 g/mol. The molecular weight excluding hydrogens is 280 g/mol. The molecule has 6 nitrogen and oxygen atoms in total. The largest absolute Gasteiger partial charge is 0.477 e. The molecule has 2 rings (SSSR count). The highest BCUT2D eigenvalue weighted by molar-refractivity contribution is 5.85. The Hall–Kier alpha value is -2.31. The normalized spacial score (nSPS) is 10.6. The smallest absolute Gasteiger partial charge is 0.354 e. The van der Waals surface area contributed by atoms with Crippen molar-refractivity contribution in [3.8, 4) is 0 Å². The van der Waals surface area contributed by atoms with Gasteiger partial charge in [-0.3, -0.25) is 4.98 Å². The lowest BCUT2D eigenvalue weighted by Gasteiger charge is -2.07. The maximum Gasteiger partial charge on any atom is 0.354 e. The molecule has 2 aromatic heterocycles. The molecule has 0 spiro atoms. The second-order valence-electron chi connectivity index (χ2n) is 4.94. The second kappa shape index (κ2) is 8.21. The zero-order chi connectivity index (χ0) is 15.8. The number of aryl methyl sites for hydroxylation is 1. The molecular formula is C16H20N4O2. The first-order chi connectivity index (χ1) is 10.6. The highest BCUT2D eigenvalue weighted by atomic mass is 16.4. The van der Waals surface area contributed by atoms with Gasteiger partial charge in [0, 0.05) is 31.9 Å². The van der Waals surface area contributed by atoms with Gasteiger partial charge in [-0.15, -0.1) is 0 Å². The lowest BCUT2D eigenvalue weighted by Crippen LogP contribution is -2.27. The van der Waals surface area contributed by atoms with E-state index in [0.29, 0.717) is 6.54 Å². The molecule has 2 aromatic rings. The Kier molecular flexibility index (Phi) is 6.00. The summed E-state index contributed by atoms with van der Waals surface area (Å²) < 4.78 is 0. The van der Waals surface area contributed by atoms with Crippen LogP contribution in [0.25, 0.3) is 0 Å². The van der Waals surface area contributed by atoms with Crippen LogP contribution in [0.1, 0.15) is 27.6 Å². The van der Waals surface area contributed by atoms with Crippen LogP contribution in [0.5, 0.6) is 0 Å². The minimum atomic E-state index is -1.01. The summed E-state index contributed by atoms with van der Waals surface area (Å²) in [5, 5.41) is 15.4. The summed E-state index contributed by atoms with van der Waals surface area (Å²) in [5.74, 6) is -1.01. The topological polar surface area (TPSA) is 87.1 Å². The maximum absolute atomic E-state index is 10.8. The quantitative estimate of drug-likeness (QED) is 0.638. The van der Waals surface area contributed by atoms with Crippen molar-refractivity contribution in [3.63, 3.8) is 0 Å². The number of nitrogens with zero attached hydrogens (tertiary/aromatic N) is 2. The van der Waals surface area contributed by atoms with E-state index in [1.165, 1.54) is 6.07 Å². The molecule has 22 heavy (non-hydrogen) atoms. The van der Waals surface area contributed by atoms with Crippen LogP contribution in [-0.4, -0.2) is 34.1 Å². The molecule has 0 aliphatic heterocycles. The Bertz CT molecular complexity index is 631. The molecule has 0 aliphatic carbocycles. The van der Waals surface area contributed by atoms with Gasteiger partial charge in [-0.1, -0.05) is 12.1 Å². The van der Waals surface area contributed by atoms with Gasteiger partial charge in [0.2, 0.25) is 0 Å². The molecule has 0 radical (unpaired) electrons. The fourth-order valence-electron chi connectivity index (χ4n) is 2.00. The van der Waals surface area contributed by atoms with Crippen LogP contribution in [0.4, 0.5) is 0 Å². The molecule has 116 valence electrons. The zero-order valence-electron chi connectivity index (χ0n) is 12.5. The van der Waals surface area contributed by atoms with Crippen LogP contribution in [0.2, 0.25) is 0 Å². The molecule has 0 saturated heterocycles. The number of hydrogen-bond donors (Lipinski definition) is 3. The van der Waals surface area contributed by atoms with Crippen LogP contribution >= 0.6 is 0 Å². The molecule has 0 bridgehead atoms. The van der Waals surface area contributed by atoms with E-state index in [-0.39, 0.29) is 5.69 Å². The number of rotatable bonds is 8. The predicted octanol–water partition coefficient (Wildman–Crippen LogP) is 1.36. The Labute approximate surface area is 129 Å². The highest BCUT2D eigenvalue weighted by Crippen LogP contribution is 1.99. The SMILES string of the molecule is Cc1cccc(CNCCNCc2cccc(C(=O)O)n2)n1. The number of aromatic nitrogens is 2. The molecule has 0 aliphatic rings.